The fourth-order valence-corrected chi connectivity index (χ4v) is 2.62. The number of hydrogen-bond donors (Lipinski definition) is 3. The number of phenols is 1. The van der Waals surface area contributed by atoms with E-state index in [0.29, 0.717) is 4.90 Å². The van der Waals surface area contributed by atoms with Crippen molar-refractivity contribution in [2.45, 2.75) is 4.90 Å². The highest BCUT2D eigenvalue weighted by Crippen LogP contribution is 2.33. The van der Waals surface area contributed by atoms with Crippen LogP contribution in [-0.2, 0) is 9.37 Å². The average molecular weight is 315 g/mol. The highest BCUT2D eigenvalue weighted by Gasteiger charge is 2.06. The van der Waals surface area contributed by atoms with E-state index in [2.05, 4.69) is 14.7 Å². The molecule has 0 radical (unpaired) electrons. The van der Waals surface area contributed by atoms with Crippen molar-refractivity contribution in [3.05, 3.63) is 60.7 Å². The molecule has 0 amide bonds. The molecule has 0 aliphatic carbocycles. The van der Waals surface area contributed by atoms with Gasteiger partial charge in [-0.25, -0.2) is 5.26 Å². The zero-order valence-corrected chi connectivity index (χ0v) is 12.2. The first-order valence-corrected chi connectivity index (χ1v) is 7.24. The Kier molecular flexibility index (Phi) is 4.45. The monoisotopic (exact) mass is 315 g/mol. The first kappa shape index (κ1) is 14.7. The largest absolute Gasteiger partial charge is 0.507 e. The smallest absolute Gasteiger partial charge is 0.124 e. The third kappa shape index (κ3) is 3.32. The lowest BCUT2D eigenvalue weighted by atomic mass is 10.1. The highest BCUT2D eigenvalue weighted by atomic mass is 32.2. The maximum atomic E-state index is 10.1. The van der Waals surface area contributed by atoms with E-state index in [9.17, 15) is 5.11 Å². The number of nitrogens with one attached hydrogen (secondary N) is 1. The van der Waals surface area contributed by atoms with E-state index in [4.69, 9.17) is 5.26 Å². The second kappa shape index (κ2) is 6.67. The van der Waals surface area contributed by atoms with Crippen molar-refractivity contribution in [3.63, 3.8) is 0 Å². The van der Waals surface area contributed by atoms with E-state index in [-0.39, 0.29) is 5.75 Å². The lowest BCUT2D eigenvalue weighted by molar-refractivity contribution is -0.432. The van der Waals surface area contributed by atoms with Crippen LogP contribution in [0.3, 0.4) is 0 Å². The van der Waals surface area contributed by atoms with Gasteiger partial charge in [-0.1, -0.05) is 29.3 Å². The van der Waals surface area contributed by atoms with Gasteiger partial charge in [0.25, 0.3) is 0 Å². The van der Waals surface area contributed by atoms with Crippen molar-refractivity contribution in [3.8, 4) is 5.75 Å². The Morgan fingerprint density at radius 3 is 2.50 bits per heavy atom. The zero-order valence-electron chi connectivity index (χ0n) is 11.4. The third-order valence-corrected chi connectivity index (χ3v) is 3.69. The number of fused-ring (bicyclic) bond motifs is 1. The van der Waals surface area contributed by atoms with Crippen molar-refractivity contribution in [2.24, 2.45) is 0 Å². The maximum Gasteiger partial charge on any atom is 0.124 e. The molecule has 6 heteroatoms. The van der Waals surface area contributed by atoms with Gasteiger partial charge in [0, 0.05) is 21.7 Å². The van der Waals surface area contributed by atoms with Gasteiger partial charge in [-0.3, -0.25) is 0 Å². The molecule has 3 aromatic rings. The van der Waals surface area contributed by atoms with E-state index in [1.807, 2.05) is 54.6 Å². The second-order valence-corrected chi connectivity index (χ2v) is 5.37. The van der Waals surface area contributed by atoms with Crippen molar-refractivity contribution >= 4 is 34.2 Å². The molecule has 3 N–H and O–H groups in total. The van der Waals surface area contributed by atoms with Crippen LogP contribution in [0, 0.1) is 0 Å². The standard InChI is InChI=1S/C16H13NO4S/c18-16-10-14(22-21-20-19)8-11-6-7-13(9-15(11)16)17-12-4-2-1-3-5-12/h1-10,17-19H. The molecule has 0 saturated carbocycles. The Labute approximate surface area is 131 Å². The molecule has 0 aromatic heterocycles. The molecular weight excluding hydrogens is 302 g/mol. The molecular formula is C16H13NO4S. The topological polar surface area (TPSA) is 71.0 Å². The summed E-state index contributed by atoms with van der Waals surface area (Å²) in [5, 5.41) is 26.7. The minimum Gasteiger partial charge on any atom is -0.507 e. The number of phenolic OH excluding ortho intramolecular Hbond substituents is 1. The number of para-hydroxylation sites is 1. The van der Waals surface area contributed by atoms with Crippen LogP contribution in [0.25, 0.3) is 10.8 Å². The Bertz CT molecular complexity index is 780. The highest BCUT2D eigenvalue weighted by molar-refractivity contribution is 7.94. The number of anilines is 2. The summed E-state index contributed by atoms with van der Waals surface area (Å²) in [6.45, 7) is 0. The van der Waals surface area contributed by atoms with Crippen LogP contribution >= 0.6 is 12.0 Å². The second-order valence-electron chi connectivity index (χ2n) is 4.60. The van der Waals surface area contributed by atoms with Gasteiger partial charge in [0.2, 0.25) is 0 Å². The van der Waals surface area contributed by atoms with Crippen molar-refractivity contribution in [2.75, 3.05) is 5.32 Å². The predicted octanol–water partition coefficient (Wildman–Crippen LogP) is 4.72. The molecule has 0 heterocycles. The maximum absolute atomic E-state index is 10.1. The van der Waals surface area contributed by atoms with Crippen molar-refractivity contribution in [1.82, 2.24) is 0 Å². The van der Waals surface area contributed by atoms with Gasteiger partial charge in [0.1, 0.15) is 5.75 Å². The van der Waals surface area contributed by atoms with Crippen LogP contribution in [0.1, 0.15) is 0 Å². The van der Waals surface area contributed by atoms with E-state index >= 15 is 0 Å². The van der Waals surface area contributed by atoms with Gasteiger partial charge < -0.3 is 10.4 Å². The van der Waals surface area contributed by atoms with E-state index in [1.165, 1.54) is 6.07 Å². The number of benzene rings is 3. The van der Waals surface area contributed by atoms with Gasteiger partial charge >= 0.3 is 0 Å². The SMILES string of the molecule is OOOSc1cc(O)c2cc(Nc3ccccc3)ccc2c1. The van der Waals surface area contributed by atoms with Crippen LogP contribution in [-0.4, -0.2) is 10.4 Å². The molecule has 5 nitrogen and oxygen atoms in total. The van der Waals surface area contributed by atoms with E-state index in [0.717, 1.165) is 34.2 Å². The van der Waals surface area contributed by atoms with Gasteiger partial charge in [-0.15, -0.1) is 4.33 Å². The first-order valence-electron chi connectivity index (χ1n) is 6.50. The molecule has 0 aliphatic rings. The summed E-state index contributed by atoms with van der Waals surface area (Å²) in [6.07, 6.45) is 0. The minimum atomic E-state index is 0.123. The van der Waals surface area contributed by atoms with Crippen LogP contribution in [0.2, 0.25) is 0 Å². The number of aromatic hydroxyl groups is 1. The fraction of sp³-hybridized carbons (Fsp3) is 0. The third-order valence-electron chi connectivity index (χ3n) is 3.13. The summed E-state index contributed by atoms with van der Waals surface area (Å²) in [7, 11) is 0. The average Bonchev–Trinajstić information content (AvgIpc) is 2.54. The van der Waals surface area contributed by atoms with Crippen LogP contribution in [0.4, 0.5) is 11.4 Å². The molecule has 22 heavy (non-hydrogen) atoms. The Morgan fingerprint density at radius 1 is 0.909 bits per heavy atom. The van der Waals surface area contributed by atoms with Gasteiger partial charge in [0.05, 0.1) is 12.0 Å². The minimum absolute atomic E-state index is 0.123. The van der Waals surface area contributed by atoms with Crippen LogP contribution < -0.4 is 5.32 Å². The molecule has 3 rings (SSSR count). The van der Waals surface area contributed by atoms with Gasteiger partial charge in [0.15, 0.2) is 0 Å². The lowest BCUT2D eigenvalue weighted by Crippen LogP contribution is -1.89. The number of hydrogen-bond acceptors (Lipinski definition) is 6. The zero-order chi connectivity index (χ0) is 15.4. The molecule has 0 saturated heterocycles. The molecule has 0 aliphatic heterocycles. The van der Waals surface area contributed by atoms with Crippen LogP contribution in [0.5, 0.6) is 5.75 Å². The van der Waals surface area contributed by atoms with Gasteiger partial charge in [-0.2, -0.15) is 0 Å². The molecule has 0 unspecified atom stereocenters. The Balaban J connectivity index is 1.91. The molecule has 0 atom stereocenters. The summed E-state index contributed by atoms with van der Waals surface area (Å²) in [5.74, 6) is 0.123. The molecule has 112 valence electrons. The molecule has 3 aromatic carbocycles. The molecule has 0 bridgehead atoms. The van der Waals surface area contributed by atoms with Gasteiger partial charge in [-0.05, 0) is 41.8 Å². The Hall–Kier alpha value is -2.25. The summed E-state index contributed by atoms with van der Waals surface area (Å²) >= 11 is 0.808. The number of rotatable bonds is 5. The van der Waals surface area contributed by atoms with Crippen LogP contribution in [0.15, 0.2) is 65.6 Å². The molecule has 0 fully saturated rings. The van der Waals surface area contributed by atoms with E-state index < -0.39 is 0 Å². The first-order chi connectivity index (χ1) is 10.8. The quantitative estimate of drug-likeness (QED) is 0.359. The normalized spacial score (nSPS) is 10.8. The lowest BCUT2D eigenvalue weighted by Gasteiger charge is -2.09. The van der Waals surface area contributed by atoms with Crippen molar-refractivity contribution < 1.29 is 19.7 Å². The molecule has 0 spiro atoms. The summed E-state index contributed by atoms with van der Waals surface area (Å²) in [5.41, 5.74) is 1.85. The summed E-state index contributed by atoms with van der Waals surface area (Å²) in [4.78, 5) is 0.614. The predicted molar refractivity (Wildman–Crippen MR) is 86.0 cm³/mol. The van der Waals surface area contributed by atoms with E-state index in [1.54, 1.807) is 0 Å². The summed E-state index contributed by atoms with van der Waals surface area (Å²) in [6, 6.07) is 18.8. The summed E-state index contributed by atoms with van der Waals surface area (Å²) < 4.78 is 4.37. The Morgan fingerprint density at radius 2 is 1.73 bits per heavy atom. The fourth-order valence-electron chi connectivity index (χ4n) is 2.18. The van der Waals surface area contributed by atoms with Crippen molar-refractivity contribution in [1.29, 1.82) is 0 Å².